The third-order valence-corrected chi connectivity index (χ3v) is 5.22. The van der Waals surface area contributed by atoms with Crippen molar-refractivity contribution in [1.29, 1.82) is 0 Å². The first-order valence-corrected chi connectivity index (χ1v) is 10.2. The Morgan fingerprint density at radius 2 is 1.86 bits per heavy atom. The van der Waals surface area contributed by atoms with Crippen LogP contribution in [0.4, 0.5) is 10.3 Å². The molecule has 0 spiro atoms. The van der Waals surface area contributed by atoms with Crippen LogP contribution in [0.25, 0.3) is 0 Å². The molecule has 1 aliphatic heterocycles. The zero-order valence-corrected chi connectivity index (χ0v) is 19.1. The summed E-state index contributed by atoms with van der Waals surface area (Å²) in [6.45, 7) is 6.98. The summed E-state index contributed by atoms with van der Waals surface area (Å²) < 4.78 is 13.7. The van der Waals surface area contributed by atoms with Crippen LogP contribution in [0.1, 0.15) is 6.92 Å². The van der Waals surface area contributed by atoms with E-state index in [9.17, 15) is 4.39 Å². The van der Waals surface area contributed by atoms with Crippen LogP contribution in [-0.2, 0) is 0 Å². The summed E-state index contributed by atoms with van der Waals surface area (Å²) in [5.41, 5.74) is 0. The second kappa shape index (κ2) is 12.1. The van der Waals surface area contributed by atoms with Crippen molar-refractivity contribution in [3.05, 3.63) is 48.5 Å². The molecular formula is C19H26FIN6S. The van der Waals surface area contributed by atoms with Gasteiger partial charge in [-0.15, -0.1) is 35.7 Å². The Balaban J connectivity index is 0.00000280. The van der Waals surface area contributed by atoms with Crippen LogP contribution in [0.2, 0.25) is 0 Å². The number of hydrogen-bond acceptors (Lipinski definition) is 5. The SMILES string of the molecule is CCNC(=NCCSc1ccccc1F)N1CCN(c2ncccn2)CC1.I. The summed E-state index contributed by atoms with van der Waals surface area (Å²) in [4.78, 5) is 18.5. The van der Waals surface area contributed by atoms with E-state index in [1.807, 2.05) is 12.1 Å². The van der Waals surface area contributed by atoms with Gasteiger partial charge in [0.1, 0.15) is 5.82 Å². The van der Waals surface area contributed by atoms with Gasteiger partial charge in [-0.3, -0.25) is 4.99 Å². The van der Waals surface area contributed by atoms with E-state index in [4.69, 9.17) is 4.99 Å². The van der Waals surface area contributed by atoms with Crippen LogP contribution < -0.4 is 10.2 Å². The maximum atomic E-state index is 13.7. The second-order valence-corrected chi connectivity index (χ2v) is 7.17. The van der Waals surface area contributed by atoms with Gasteiger partial charge in [-0.1, -0.05) is 12.1 Å². The minimum Gasteiger partial charge on any atom is -0.357 e. The predicted octanol–water partition coefficient (Wildman–Crippen LogP) is 3.11. The van der Waals surface area contributed by atoms with E-state index in [-0.39, 0.29) is 29.8 Å². The molecule has 2 heterocycles. The molecule has 6 nitrogen and oxygen atoms in total. The number of nitrogens with zero attached hydrogens (tertiary/aromatic N) is 5. The maximum Gasteiger partial charge on any atom is 0.225 e. The molecular weight excluding hydrogens is 490 g/mol. The highest BCUT2D eigenvalue weighted by atomic mass is 127. The molecule has 1 N–H and O–H groups in total. The third kappa shape index (κ3) is 6.47. The molecule has 1 aromatic carbocycles. The number of hydrogen-bond donors (Lipinski definition) is 1. The lowest BCUT2D eigenvalue weighted by Gasteiger charge is -2.36. The van der Waals surface area contributed by atoms with Crippen LogP contribution in [-0.4, -0.2) is 65.8 Å². The molecule has 0 aliphatic carbocycles. The molecule has 1 saturated heterocycles. The molecule has 0 saturated carbocycles. The van der Waals surface area contributed by atoms with Crippen molar-refractivity contribution in [1.82, 2.24) is 20.2 Å². The number of aromatic nitrogens is 2. The van der Waals surface area contributed by atoms with Gasteiger partial charge in [0.25, 0.3) is 0 Å². The Morgan fingerprint density at radius 1 is 1.14 bits per heavy atom. The average Bonchev–Trinajstić information content (AvgIpc) is 2.72. The maximum absolute atomic E-state index is 13.7. The van der Waals surface area contributed by atoms with Gasteiger partial charge in [-0.05, 0) is 25.1 Å². The zero-order valence-electron chi connectivity index (χ0n) is 15.9. The van der Waals surface area contributed by atoms with Crippen LogP contribution in [0.3, 0.4) is 0 Å². The van der Waals surface area contributed by atoms with Crippen LogP contribution in [0.5, 0.6) is 0 Å². The number of halogens is 2. The number of aliphatic imine (C=N–C) groups is 1. The van der Waals surface area contributed by atoms with Gasteiger partial charge < -0.3 is 15.1 Å². The van der Waals surface area contributed by atoms with E-state index >= 15 is 0 Å². The quantitative estimate of drug-likeness (QED) is 0.210. The van der Waals surface area contributed by atoms with Crippen LogP contribution in [0.15, 0.2) is 52.6 Å². The molecule has 0 unspecified atom stereocenters. The summed E-state index contributed by atoms with van der Waals surface area (Å²) in [5, 5.41) is 3.36. The standard InChI is InChI=1S/C19H25FN6S.HI/c1-2-21-18(24-10-15-27-17-7-4-3-6-16(17)20)25-11-13-26(14-12-25)19-22-8-5-9-23-19;/h3-9H,2,10-15H2,1H3,(H,21,24);1H. The molecule has 0 radical (unpaired) electrons. The Hall–Kier alpha value is -1.62. The van der Waals surface area contributed by atoms with Crippen molar-refractivity contribution in [2.45, 2.75) is 11.8 Å². The summed E-state index contributed by atoms with van der Waals surface area (Å²) in [6.07, 6.45) is 3.54. The largest absolute Gasteiger partial charge is 0.357 e. The number of rotatable bonds is 6. The molecule has 3 rings (SSSR count). The molecule has 0 bridgehead atoms. The Bertz CT molecular complexity index is 740. The van der Waals surface area contributed by atoms with Crippen molar-refractivity contribution in [3.8, 4) is 0 Å². The number of anilines is 1. The summed E-state index contributed by atoms with van der Waals surface area (Å²) in [6, 6.07) is 8.69. The second-order valence-electron chi connectivity index (χ2n) is 6.04. The highest BCUT2D eigenvalue weighted by Crippen LogP contribution is 2.20. The van der Waals surface area contributed by atoms with Gasteiger partial charge in [-0.2, -0.15) is 0 Å². The van der Waals surface area contributed by atoms with E-state index in [1.165, 1.54) is 17.8 Å². The molecule has 2 aromatic rings. The van der Waals surface area contributed by atoms with Gasteiger partial charge in [0.2, 0.25) is 5.95 Å². The van der Waals surface area contributed by atoms with Gasteiger partial charge in [0.05, 0.1) is 6.54 Å². The number of nitrogens with one attached hydrogen (secondary N) is 1. The predicted molar refractivity (Wildman–Crippen MR) is 124 cm³/mol. The van der Waals surface area contributed by atoms with Crippen molar-refractivity contribution in [2.24, 2.45) is 4.99 Å². The molecule has 9 heteroatoms. The molecule has 152 valence electrons. The number of piperazine rings is 1. The smallest absolute Gasteiger partial charge is 0.225 e. The number of benzene rings is 1. The van der Waals surface area contributed by atoms with Crippen molar-refractivity contribution < 1.29 is 4.39 Å². The fourth-order valence-electron chi connectivity index (χ4n) is 2.87. The van der Waals surface area contributed by atoms with E-state index in [1.54, 1.807) is 24.5 Å². The van der Waals surface area contributed by atoms with Gasteiger partial charge in [0, 0.05) is 55.8 Å². The minimum absolute atomic E-state index is 0. The average molecular weight is 516 g/mol. The number of thioether (sulfide) groups is 1. The first-order valence-electron chi connectivity index (χ1n) is 9.20. The van der Waals surface area contributed by atoms with E-state index in [0.29, 0.717) is 11.4 Å². The van der Waals surface area contributed by atoms with Crippen LogP contribution >= 0.6 is 35.7 Å². The minimum atomic E-state index is -0.169. The first-order chi connectivity index (χ1) is 13.3. The highest BCUT2D eigenvalue weighted by molar-refractivity contribution is 14.0. The molecule has 0 atom stereocenters. The van der Waals surface area contributed by atoms with Crippen LogP contribution in [0, 0.1) is 5.82 Å². The molecule has 1 aliphatic rings. The molecule has 1 fully saturated rings. The van der Waals surface area contributed by atoms with Gasteiger partial charge in [0.15, 0.2) is 5.96 Å². The van der Waals surface area contributed by atoms with E-state index in [0.717, 1.165) is 50.4 Å². The van der Waals surface area contributed by atoms with Gasteiger partial charge >= 0.3 is 0 Å². The lowest BCUT2D eigenvalue weighted by Crippen LogP contribution is -2.53. The first kappa shape index (κ1) is 22.7. The number of guanidine groups is 1. The lowest BCUT2D eigenvalue weighted by atomic mass is 10.3. The Kier molecular flexibility index (Phi) is 9.76. The summed E-state index contributed by atoms with van der Waals surface area (Å²) in [5.74, 6) is 2.27. The highest BCUT2D eigenvalue weighted by Gasteiger charge is 2.20. The molecule has 28 heavy (non-hydrogen) atoms. The zero-order chi connectivity index (χ0) is 18.9. The van der Waals surface area contributed by atoms with Crippen molar-refractivity contribution in [2.75, 3.05) is 49.9 Å². The summed E-state index contributed by atoms with van der Waals surface area (Å²) in [7, 11) is 0. The topological polar surface area (TPSA) is 56.7 Å². The third-order valence-electron chi connectivity index (χ3n) is 4.20. The van der Waals surface area contributed by atoms with E-state index in [2.05, 4.69) is 32.0 Å². The lowest BCUT2D eigenvalue weighted by molar-refractivity contribution is 0.370. The van der Waals surface area contributed by atoms with Crippen molar-refractivity contribution >= 4 is 47.6 Å². The fourth-order valence-corrected chi connectivity index (χ4v) is 3.65. The van der Waals surface area contributed by atoms with E-state index < -0.39 is 0 Å². The molecule has 1 aromatic heterocycles. The Labute approximate surface area is 187 Å². The summed E-state index contributed by atoms with van der Waals surface area (Å²) >= 11 is 1.50. The molecule has 0 amide bonds. The Morgan fingerprint density at radius 3 is 2.54 bits per heavy atom. The fraction of sp³-hybridized carbons (Fsp3) is 0.421. The van der Waals surface area contributed by atoms with Crippen molar-refractivity contribution in [3.63, 3.8) is 0 Å². The monoisotopic (exact) mass is 516 g/mol. The normalized spacial score (nSPS) is 14.6. The van der Waals surface area contributed by atoms with Gasteiger partial charge in [-0.25, -0.2) is 14.4 Å².